The summed E-state index contributed by atoms with van der Waals surface area (Å²) in [5.74, 6) is -0.446. The highest BCUT2D eigenvalue weighted by atomic mass is 35.6. The van der Waals surface area contributed by atoms with Crippen LogP contribution in [0.4, 0.5) is 5.69 Å². The second-order valence-electron chi connectivity index (χ2n) is 6.00. The quantitative estimate of drug-likeness (QED) is 0.264. The Hall–Kier alpha value is -1.86. The number of hydrogen-bond donors (Lipinski definition) is 3. The second kappa shape index (κ2) is 9.56. The normalized spacial score (nSPS) is 12.0. The molecule has 28 heavy (non-hydrogen) atoms. The number of hydrogen-bond acceptors (Lipinski definition) is 3. The van der Waals surface area contributed by atoms with Crippen molar-refractivity contribution in [1.82, 2.24) is 10.6 Å². The molecule has 0 bridgehead atoms. The molecular weight excluding hydrogens is 441 g/mol. The minimum Gasteiger partial charge on any atom is -0.339 e. The number of nitrogens with one attached hydrogen (secondary N) is 3. The third kappa shape index (κ3) is 6.34. The zero-order valence-corrected chi connectivity index (χ0v) is 18.1. The van der Waals surface area contributed by atoms with Gasteiger partial charge in [-0.15, -0.1) is 0 Å². The van der Waals surface area contributed by atoms with Crippen molar-refractivity contribution in [3.63, 3.8) is 0 Å². The van der Waals surface area contributed by atoms with Gasteiger partial charge >= 0.3 is 0 Å². The number of carbonyl (C=O) groups excluding carboxylic acids is 2. The highest BCUT2D eigenvalue weighted by Gasteiger charge is 2.35. The molecule has 2 aromatic rings. The first kappa shape index (κ1) is 22.4. The van der Waals surface area contributed by atoms with Gasteiger partial charge in [0.25, 0.3) is 5.91 Å². The lowest BCUT2D eigenvalue weighted by molar-refractivity contribution is 0.0933. The molecule has 5 nitrogen and oxygen atoms in total. The third-order valence-corrected chi connectivity index (χ3v) is 4.69. The van der Waals surface area contributed by atoms with Crippen LogP contribution in [0.3, 0.4) is 0 Å². The van der Waals surface area contributed by atoms with Crippen molar-refractivity contribution in [2.75, 3.05) is 5.32 Å². The molecule has 0 fully saturated rings. The molecule has 0 aromatic heterocycles. The van der Waals surface area contributed by atoms with Crippen LogP contribution in [0.2, 0.25) is 0 Å². The lowest BCUT2D eigenvalue weighted by atomic mass is 10.1. The smallest absolute Gasteiger partial charge is 0.253 e. The Morgan fingerprint density at radius 2 is 1.61 bits per heavy atom. The van der Waals surface area contributed by atoms with E-state index in [1.807, 2.05) is 19.1 Å². The summed E-state index contributed by atoms with van der Waals surface area (Å²) in [5.41, 5.74) is 2.46. The molecule has 0 saturated carbocycles. The van der Waals surface area contributed by atoms with Gasteiger partial charge in [0, 0.05) is 16.8 Å². The number of thiocarbonyl (C=S) groups is 1. The molecule has 0 saturated heterocycles. The van der Waals surface area contributed by atoms with Crippen LogP contribution >= 0.6 is 47.0 Å². The summed E-state index contributed by atoms with van der Waals surface area (Å²) < 4.78 is -1.86. The van der Waals surface area contributed by atoms with Gasteiger partial charge in [-0.2, -0.15) is 0 Å². The van der Waals surface area contributed by atoms with Crippen molar-refractivity contribution in [2.24, 2.45) is 0 Å². The predicted octanol–water partition coefficient (Wildman–Crippen LogP) is 4.61. The number of benzene rings is 2. The fraction of sp³-hybridized carbons (Fsp3) is 0.211. The van der Waals surface area contributed by atoms with E-state index in [9.17, 15) is 9.59 Å². The lowest BCUT2D eigenvalue weighted by Crippen LogP contribution is -2.56. The Labute approximate surface area is 183 Å². The molecule has 9 heteroatoms. The highest BCUT2D eigenvalue weighted by molar-refractivity contribution is 7.80. The van der Waals surface area contributed by atoms with Gasteiger partial charge in [0.15, 0.2) is 10.9 Å². The van der Waals surface area contributed by atoms with Crippen molar-refractivity contribution in [2.45, 2.75) is 23.8 Å². The van der Waals surface area contributed by atoms with Crippen LogP contribution in [0.5, 0.6) is 0 Å². The van der Waals surface area contributed by atoms with E-state index in [4.69, 9.17) is 47.0 Å². The first-order valence-electron chi connectivity index (χ1n) is 8.19. The molecule has 1 amide bonds. The number of anilines is 1. The van der Waals surface area contributed by atoms with Gasteiger partial charge in [-0.05, 0) is 62.0 Å². The molecule has 0 unspecified atom stereocenters. The molecule has 1 atom stereocenters. The fourth-order valence-corrected chi connectivity index (χ4v) is 2.89. The Bertz CT molecular complexity index is 883. The number of aryl methyl sites for hydroxylation is 1. The monoisotopic (exact) mass is 457 g/mol. The molecule has 0 aliphatic carbocycles. The SMILES string of the molecule is CC(=O)c1ccc(NC(=S)N[C@@H](NC(=O)c2ccccc2C)C(Cl)(Cl)Cl)cc1. The Morgan fingerprint density at radius 3 is 2.14 bits per heavy atom. The number of rotatable bonds is 5. The molecule has 148 valence electrons. The number of halogens is 3. The van der Waals surface area contributed by atoms with E-state index in [0.29, 0.717) is 16.8 Å². The summed E-state index contributed by atoms with van der Waals surface area (Å²) in [6, 6.07) is 13.8. The van der Waals surface area contributed by atoms with Crippen molar-refractivity contribution in [3.8, 4) is 0 Å². The van der Waals surface area contributed by atoms with Gasteiger partial charge in [0.05, 0.1) is 0 Å². The topological polar surface area (TPSA) is 70.2 Å². The van der Waals surface area contributed by atoms with Crippen LogP contribution in [0.1, 0.15) is 33.2 Å². The van der Waals surface area contributed by atoms with Gasteiger partial charge < -0.3 is 16.0 Å². The average Bonchev–Trinajstić information content (AvgIpc) is 2.61. The molecule has 0 aliphatic heterocycles. The maximum Gasteiger partial charge on any atom is 0.253 e. The molecule has 0 spiro atoms. The summed E-state index contributed by atoms with van der Waals surface area (Å²) in [6.07, 6.45) is -1.08. The van der Waals surface area contributed by atoms with E-state index in [0.717, 1.165) is 5.56 Å². The molecule has 0 heterocycles. The number of ketones is 1. The van der Waals surface area contributed by atoms with E-state index >= 15 is 0 Å². The number of Topliss-reactive ketones (excluding diaryl/α,β-unsaturated/α-hetero) is 1. The maximum absolute atomic E-state index is 12.5. The standard InChI is InChI=1S/C19H18Cl3N3O2S/c1-11-5-3-4-6-15(11)16(27)24-17(19(20,21)22)25-18(28)23-14-9-7-13(8-10-14)12(2)26/h3-10,17H,1-2H3,(H,24,27)(H2,23,25,28)/t17-/m1/s1. The Morgan fingerprint density at radius 1 is 1.00 bits per heavy atom. The van der Waals surface area contributed by atoms with E-state index in [1.165, 1.54) is 6.92 Å². The van der Waals surface area contributed by atoms with Crippen LogP contribution < -0.4 is 16.0 Å². The lowest BCUT2D eigenvalue weighted by Gasteiger charge is -2.28. The molecule has 0 aliphatic rings. The number of alkyl halides is 3. The summed E-state index contributed by atoms with van der Waals surface area (Å²) in [5, 5.41) is 8.48. The highest BCUT2D eigenvalue weighted by Crippen LogP contribution is 2.29. The van der Waals surface area contributed by atoms with E-state index in [1.54, 1.807) is 36.4 Å². The van der Waals surface area contributed by atoms with Crippen molar-refractivity contribution in [1.29, 1.82) is 0 Å². The molecule has 0 radical (unpaired) electrons. The van der Waals surface area contributed by atoms with Crippen LogP contribution in [-0.4, -0.2) is 26.8 Å². The third-order valence-electron chi connectivity index (χ3n) is 3.82. The van der Waals surface area contributed by atoms with Crippen molar-refractivity contribution < 1.29 is 9.59 Å². The zero-order chi connectivity index (χ0) is 20.9. The molecular formula is C19H18Cl3N3O2S. The molecule has 2 rings (SSSR count). The van der Waals surface area contributed by atoms with Gasteiger partial charge in [-0.25, -0.2) is 0 Å². The van der Waals surface area contributed by atoms with Crippen molar-refractivity contribution in [3.05, 3.63) is 65.2 Å². The van der Waals surface area contributed by atoms with E-state index in [2.05, 4.69) is 16.0 Å². The average molecular weight is 459 g/mol. The largest absolute Gasteiger partial charge is 0.339 e. The van der Waals surface area contributed by atoms with Gasteiger partial charge in [0.2, 0.25) is 3.79 Å². The molecule has 3 N–H and O–H groups in total. The minimum absolute atomic E-state index is 0.0394. The number of carbonyl (C=O) groups is 2. The first-order valence-corrected chi connectivity index (χ1v) is 9.74. The number of amides is 1. The molecule has 2 aromatic carbocycles. The van der Waals surface area contributed by atoms with Crippen LogP contribution in [0.25, 0.3) is 0 Å². The first-order chi connectivity index (χ1) is 13.1. The maximum atomic E-state index is 12.5. The Kier molecular flexibility index (Phi) is 7.66. The summed E-state index contributed by atoms with van der Waals surface area (Å²) >= 11 is 23.3. The summed E-state index contributed by atoms with van der Waals surface area (Å²) in [7, 11) is 0. The summed E-state index contributed by atoms with van der Waals surface area (Å²) in [6.45, 7) is 3.29. The van der Waals surface area contributed by atoms with Gasteiger partial charge in [-0.1, -0.05) is 53.0 Å². The van der Waals surface area contributed by atoms with Gasteiger partial charge in [-0.3, -0.25) is 9.59 Å². The van der Waals surface area contributed by atoms with E-state index < -0.39 is 15.9 Å². The van der Waals surface area contributed by atoms with Crippen LogP contribution in [-0.2, 0) is 0 Å². The second-order valence-corrected chi connectivity index (χ2v) is 8.77. The Balaban J connectivity index is 2.07. The van der Waals surface area contributed by atoms with E-state index in [-0.39, 0.29) is 10.9 Å². The van der Waals surface area contributed by atoms with Gasteiger partial charge in [0.1, 0.15) is 6.17 Å². The van der Waals surface area contributed by atoms with Crippen molar-refractivity contribution >= 4 is 69.5 Å². The summed E-state index contributed by atoms with van der Waals surface area (Å²) in [4.78, 5) is 23.9. The fourth-order valence-electron chi connectivity index (χ4n) is 2.32. The predicted molar refractivity (Wildman–Crippen MR) is 119 cm³/mol. The van der Waals surface area contributed by atoms with Crippen LogP contribution in [0.15, 0.2) is 48.5 Å². The van der Waals surface area contributed by atoms with Crippen LogP contribution in [0, 0.1) is 6.92 Å². The minimum atomic E-state index is -1.86. The zero-order valence-electron chi connectivity index (χ0n) is 15.1.